The molecule has 0 amide bonds. The fourth-order valence-corrected chi connectivity index (χ4v) is 3.42. The molecule has 0 aromatic carbocycles. The van der Waals surface area contributed by atoms with Gasteiger partial charge in [0, 0.05) is 27.3 Å². The van der Waals surface area contributed by atoms with Crippen LogP contribution < -0.4 is 12.4 Å². The van der Waals surface area contributed by atoms with Gasteiger partial charge in [-0.25, -0.2) is 0 Å². The molecule has 0 bridgehead atoms. The monoisotopic (exact) mass is 294 g/mol. The summed E-state index contributed by atoms with van der Waals surface area (Å²) in [5, 5.41) is 0. The Balaban J connectivity index is 0. The number of unbranched alkanes of at least 4 members (excludes halogenated alkanes) is 10. The minimum absolute atomic E-state index is 0. The maximum atomic E-state index is 2.46. The van der Waals surface area contributed by atoms with Crippen molar-refractivity contribution in [3.63, 3.8) is 0 Å². The molecule has 0 aliphatic heterocycles. The van der Waals surface area contributed by atoms with Crippen molar-refractivity contribution in [1.29, 1.82) is 0 Å². The molecule has 18 heavy (non-hydrogen) atoms. The highest BCUT2D eigenvalue weighted by Crippen LogP contribution is 2.47. The summed E-state index contributed by atoms with van der Waals surface area (Å²) in [4.78, 5) is 0. The highest BCUT2D eigenvalue weighted by Gasteiger charge is 2.15. The lowest BCUT2D eigenvalue weighted by Gasteiger charge is -2.10. The Morgan fingerprint density at radius 2 is 0.889 bits per heavy atom. The first-order valence-corrected chi connectivity index (χ1v) is 11.2. The number of hydrogen-bond acceptors (Lipinski definition) is 0. The van der Waals surface area contributed by atoms with E-state index in [4.69, 9.17) is 0 Å². The first-order valence-electron chi connectivity index (χ1n) is 7.86. The van der Waals surface area contributed by atoms with Gasteiger partial charge in [-0.1, -0.05) is 64.7 Å². The predicted octanol–water partition coefficient (Wildman–Crippen LogP) is 3.21. The molecule has 2 heteroatoms. The van der Waals surface area contributed by atoms with Gasteiger partial charge in [-0.3, -0.25) is 0 Å². The van der Waals surface area contributed by atoms with Crippen molar-refractivity contribution in [3.8, 4) is 0 Å². The average Bonchev–Trinajstić information content (AvgIpc) is 2.24. The van der Waals surface area contributed by atoms with Crippen molar-refractivity contribution in [2.24, 2.45) is 0 Å². The van der Waals surface area contributed by atoms with Gasteiger partial charge in [-0.05, 0) is 12.8 Å². The summed E-state index contributed by atoms with van der Waals surface area (Å²) in [6, 6.07) is 0. The van der Waals surface area contributed by atoms with Gasteiger partial charge in [0.15, 0.2) is 0 Å². The second kappa shape index (κ2) is 14.1. The quantitative estimate of drug-likeness (QED) is 0.383. The van der Waals surface area contributed by atoms with Crippen molar-refractivity contribution in [2.45, 2.75) is 77.6 Å². The van der Waals surface area contributed by atoms with Gasteiger partial charge in [0.25, 0.3) is 0 Å². The van der Waals surface area contributed by atoms with Crippen LogP contribution >= 0.6 is 7.26 Å². The van der Waals surface area contributed by atoms with Crippen LogP contribution in [0.2, 0.25) is 0 Å². The largest absolute Gasteiger partial charge is 1.00 e. The lowest BCUT2D eigenvalue weighted by molar-refractivity contribution is -0.00000411. The van der Waals surface area contributed by atoms with Crippen LogP contribution in [-0.2, 0) is 0 Å². The Bertz CT molecular complexity index is 152. The van der Waals surface area contributed by atoms with E-state index in [2.05, 4.69) is 26.9 Å². The average molecular weight is 295 g/mol. The number of rotatable bonds is 12. The lowest BCUT2D eigenvalue weighted by atomic mass is 10.1. The van der Waals surface area contributed by atoms with Crippen molar-refractivity contribution in [2.75, 3.05) is 26.2 Å². The molecule has 0 aromatic rings. The fraction of sp³-hybridized carbons (Fsp3) is 1.00. The summed E-state index contributed by atoms with van der Waals surface area (Å²) in [6.45, 7) is 9.68. The van der Waals surface area contributed by atoms with Crippen molar-refractivity contribution >= 4 is 7.26 Å². The molecule has 0 N–H and O–H groups in total. The van der Waals surface area contributed by atoms with Crippen LogP contribution in [0.15, 0.2) is 0 Å². The maximum Gasteiger partial charge on any atom is 0.0586 e. The van der Waals surface area contributed by atoms with Crippen molar-refractivity contribution < 1.29 is 12.4 Å². The topological polar surface area (TPSA) is 0 Å². The highest BCUT2D eigenvalue weighted by molar-refractivity contribution is 7.73. The number of halogens is 1. The lowest BCUT2D eigenvalue weighted by Crippen LogP contribution is -3.00. The molecule has 0 aliphatic rings. The van der Waals surface area contributed by atoms with Crippen LogP contribution in [0.5, 0.6) is 0 Å². The van der Waals surface area contributed by atoms with Gasteiger partial charge in [0.05, 0.1) is 6.16 Å². The first-order chi connectivity index (χ1) is 8.06. The van der Waals surface area contributed by atoms with E-state index < -0.39 is 7.26 Å². The van der Waals surface area contributed by atoms with Crippen LogP contribution in [0.25, 0.3) is 0 Å². The van der Waals surface area contributed by atoms with E-state index in [0.29, 0.717) is 0 Å². The molecule has 0 heterocycles. The maximum absolute atomic E-state index is 2.46. The van der Waals surface area contributed by atoms with Gasteiger partial charge in [0.1, 0.15) is 0 Å². The van der Waals surface area contributed by atoms with Crippen molar-refractivity contribution in [3.05, 3.63) is 0 Å². The Morgan fingerprint density at radius 3 is 1.22 bits per heavy atom. The van der Waals surface area contributed by atoms with Crippen LogP contribution in [0.4, 0.5) is 0 Å². The molecule has 0 atom stereocenters. The molecule has 0 aromatic heterocycles. The summed E-state index contributed by atoms with van der Waals surface area (Å²) in [5.74, 6) is 0. The van der Waals surface area contributed by atoms with E-state index in [1.807, 2.05) is 0 Å². The zero-order chi connectivity index (χ0) is 13.0. The minimum Gasteiger partial charge on any atom is -1.00 e. The molecule has 0 radical (unpaired) electrons. The van der Waals surface area contributed by atoms with E-state index in [0.717, 1.165) is 0 Å². The molecule has 0 nitrogen and oxygen atoms in total. The third-order valence-corrected chi connectivity index (χ3v) is 5.09. The molecule has 0 unspecified atom stereocenters. The second-order valence-corrected chi connectivity index (χ2v) is 11.6. The Morgan fingerprint density at radius 1 is 0.556 bits per heavy atom. The van der Waals surface area contributed by atoms with Gasteiger partial charge in [-0.2, -0.15) is 0 Å². The Hall–Kier alpha value is 0.720. The molecule has 0 saturated heterocycles. The fourth-order valence-electron chi connectivity index (χ4n) is 2.25. The van der Waals surface area contributed by atoms with Gasteiger partial charge in [-0.15, -0.1) is 0 Å². The second-order valence-electron chi connectivity index (χ2n) is 6.55. The summed E-state index contributed by atoms with van der Waals surface area (Å²) in [6.07, 6.45) is 17.6. The summed E-state index contributed by atoms with van der Waals surface area (Å²) < 4.78 is 0. The molecule has 0 rings (SSSR count). The normalized spacial score (nSPS) is 11.3. The van der Waals surface area contributed by atoms with E-state index in [1.54, 1.807) is 0 Å². The highest BCUT2D eigenvalue weighted by atomic mass is 35.5. The SMILES string of the molecule is CCCCCCCCCCCCC[P+](C)(C)C.[Cl-]. The molecule has 0 fully saturated rings. The van der Waals surface area contributed by atoms with E-state index in [-0.39, 0.29) is 12.4 Å². The smallest absolute Gasteiger partial charge is 0.0586 e. The third kappa shape index (κ3) is 19.1. The van der Waals surface area contributed by atoms with Crippen LogP contribution in [0, 0.1) is 0 Å². The molecule has 0 spiro atoms. The van der Waals surface area contributed by atoms with E-state index >= 15 is 0 Å². The Kier molecular flexibility index (Phi) is 16.5. The van der Waals surface area contributed by atoms with Crippen molar-refractivity contribution in [1.82, 2.24) is 0 Å². The van der Waals surface area contributed by atoms with Gasteiger partial charge in [0.2, 0.25) is 0 Å². The van der Waals surface area contributed by atoms with E-state index in [1.165, 1.54) is 76.8 Å². The summed E-state index contributed by atoms with van der Waals surface area (Å²) >= 11 is 0. The standard InChI is InChI=1S/C16H36P.ClH/c1-5-6-7-8-9-10-11-12-13-14-15-16-17(2,3)4;/h5-16H2,1-4H3;1H/q+1;/p-1. The summed E-state index contributed by atoms with van der Waals surface area (Å²) in [5.41, 5.74) is 0. The van der Waals surface area contributed by atoms with E-state index in [9.17, 15) is 0 Å². The predicted molar refractivity (Wildman–Crippen MR) is 86.0 cm³/mol. The zero-order valence-corrected chi connectivity index (χ0v) is 15.0. The molecule has 112 valence electrons. The first kappa shape index (κ1) is 21.0. The van der Waals surface area contributed by atoms with Crippen LogP contribution in [-0.4, -0.2) is 26.2 Å². The molecule has 0 aliphatic carbocycles. The summed E-state index contributed by atoms with van der Waals surface area (Å²) in [7, 11) is -0.493. The molecular formula is C16H36ClP. The van der Waals surface area contributed by atoms with Gasteiger partial charge >= 0.3 is 0 Å². The zero-order valence-electron chi connectivity index (χ0n) is 13.3. The van der Waals surface area contributed by atoms with Crippen LogP contribution in [0.3, 0.4) is 0 Å². The van der Waals surface area contributed by atoms with Gasteiger partial charge < -0.3 is 12.4 Å². The molecular weight excluding hydrogens is 259 g/mol. The third-order valence-electron chi connectivity index (χ3n) is 3.43. The Labute approximate surface area is 123 Å². The van der Waals surface area contributed by atoms with Crippen LogP contribution in [0.1, 0.15) is 77.6 Å². The number of hydrogen-bond donors (Lipinski definition) is 0. The molecule has 0 saturated carbocycles. The minimum atomic E-state index is -0.493.